The van der Waals surface area contributed by atoms with Crippen molar-refractivity contribution >= 4 is 0 Å². The molecule has 0 radical (unpaired) electrons. The largest absolute Gasteiger partial charge is 0.389 e. The van der Waals surface area contributed by atoms with Crippen molar-refractivity contribution in [1.82, 2.24) is 0 Å². The zero-order valence-corrected chi connectivity index (χ0v) is 11.1. The predicted molar refractivity (Wildman–Crippen MR) is 67.1 cm³/mol. The van der Waals surface area contributed by atoms with Crippen molar-refractivity contribution in [1.29, 1.82) is 0 Å². The third-order valence-electron chi connectivity index (χ3n) is 5.31. The van der Waals surface area contributed by atoms with Crippen LogP contribution in [0.15, 0.2) is 0 Å². The first kappa shape index (κ1) is 12.4. The highest BCUT2D eigenvalue weighted by molar-refractivity contribution is 5.08. The van der Waals surface area contributed by atoms with Crippen LogP contribution in [0.5, 0.6) is 0 Å². The lowest BCUT2D eigenvalue weighted by atomic mass is 9.50. The Balaban J connectivity index is 2.10. The van der Waals surface area contributed by atoms with Crippen molar-refractivity contribution < 1.29 is 5.11 Å². The van der Waals surface area contributed by atoms with Gasteiger partial charge in [0.05, 0.1) is 5.60 Å². The lowest BCUT2D eigenvalue weighted by Gasteiger charge is -2.58. The molecule has 2 aliphatic rings. The molecular weight excluding hydrogens is 198 g/mol. The summed E-state index contributed by atoms with van der Waals surface area (Å²) in [5.74, 6) is 0.684. The molecule has 0 aromatic heterocycles. The third-order valence-corrected chi connectivity index (χ3v) is 5.31. The molecule has 0 aromatic carbocycles. The van der Waals surface area contributed by atoms with Gasteiger partial charge >= 0.3 is 0 Å². The van der Waals surface area contributed by atoms with Crippen LogP contribution in [0.25, 0.3) is 0 Å². The fourth-order valence-electron chi connectivity index (χ4n) is 3.79. The second-order valence-electron chi connectivity index (χ2n) is 7.19. The quantitative estimate of drug-likeness (QED) is 0.759. The molecule has 0 amide bonds. The predicted octanol–water partition coefficient (Wildman–Crippen LogP) is 2.69. The summed E-state index contributed by atoms with van der Waals surface area (Å²) in [7, 11) is 0. The van der Waals surface area contributed by atoms with Crippen LogP contribution in [0.3, 0.4) is 0 Å². The first-order chi connectivity index (χ1) is 7.33. The summed E-state index contributed by atoms with van der Waals surface area (Å²) in [6, 6.07) is 0. The van der Waals surface area contributed by atoms with Gasteiger partial charge in [0.15, 0.2) is 0 Å². The molecule has 0 unspecified atom stereocenters. The van der Waals surface area contributed by atoms with E-state index < -0.39 is 5.60 Å². The summed E-state index contributed by atoms with van der Waals surface area (Å²) < 4.78 is 0. The van der Waals surface area contributed by atoms with E-state index in [-0.39, 0.29) is 5.41 Å². The van der Waals surface area contributed by atoms with Crippen LogP contribution < -0.4 is 5.73 Å². The fourth-order valence-corrected chi connectivity index (χ4v) is 3.79. The van der Waals surface area contributed by atoms with E-state index in [2.05, 4.69) is 20.8 Å². The molecule has 3 N–H and O–H groups in total. The minimum absolute atomic E-state index is 0.0228. The van der Waals surface area contributed by atoms with Crippen molar-refractivity contribution in [3.63, 3.8) is 0 Å². The lowest BCUT2D eigenvalue weighted by molar-refractivity contribution is -0.179. The first-order valence-electron chi connectivity index (χ1n) is 6.75. The van der Waals surface area contributed by atoms with E-state index in [9.17, 15) is 5.11 Å². The van der Waals surface area contributed by atoms with Gasteiger partial charge in [0.1, 0.15) is 0 Å². The Bertz CT molecular complexity index is 256. The summed E-state index contributed by atoms with van der Waals surface area (Å²) >= 11 is 0. The van der Waals surface area contributed by atoms with Gasteiger partial charge in [-0.1, -0.05) is 20.8 Å². The zero-order valence-electron chi connectivity index (χ0n) is 11.1. The fraction of sp³-hybridized carbons (Fsp3) is 1.00. The smallest absolute Gasteiger partial charge is 0.0720 e. The van der Waals surface area contributed by atoms with Crippen LogP contribution >= 0.6 is 0 Å². The van der Waals surface area contributed by atoms with Gasteiger partial charge in [-0.15, -0.1) is 0 Å². The van der Waals surface area contributed by atoms with Crippen LogP contribution in [0.2, 0.25) is 0 Å². The monoisotopic (exact) mass is 225 g/mol. The van der Waals surface area contributed by atoms with E-state index >= 15 is 0 Å². The molecule has 0 aliphatic heterocycles. The van der Waals surface area contributed by atoms with E-state index in [1.165, 1.54) is 12.8 Å². The van der Waals surface area contributed by atoms with Gasteiger partial charge in [0.25, 0.3) is 0 Å². The lowest BCUT2D eigenvalue weighted by Crippen LogP contribution is -2.61. The SMILES string of the molecule is CC1CC(O)(C2(CN)CCC(C)(C)CC2)C1. The number of rotatable bonds is 2. The Kier molecular flexibility index (Phi) is 2.87. The number of hydrogen-bond acceptors (Lipinski definition) is 2. The molecule has 16 heavy (non-hydrogen) atoms. The molecule has 2 nitrogen and oxygen atoms in total. The van der Waals surface area contributed by atoms with Gasteiger partial charge in [-0.2, -0.15) is 0 Å². The van der Waals surface area contributed by atoms with Crippen LogP contribution in [0, 0.1) is 16.7 Å². The summed E-state index contributed by atoms with van der Waals surface area (Å²) in [5, 5.41) is 10.7. The average Bonchev–Trinajstić information content (AvgIpc) is 2.16. The molecule has 0 heterocycles. The van der Waals surface area contributed by atoms with Crippen LogP contribution in [0.1, 0.15) is 59.3 Å². The van der Waals surface area contributed by atoms with E-state index in [1.807, 2.05) is 0 Å². The molecule has 0 atom stereocenters. The van der Waals surface area contributed by atoms with E-state index in [0.29, 0.717) is 17.9 Å². The summed E-state index contributed by atoms with van der Waals surface area (Å²) in [6.07, 6.45) is 6.57. The summed E-state index contributed by atoms with van der Waals surface area (Å²) in [4.78, 5) is 0. The highest BCUT2D eigenvalue weighted by atomic mass is 16.3. The average molecular weight is 225 g/mol. The van der Waals surface area contributed by atoms with Crippen molar-refractivity contribution in [2.45, 2.75) is 64.9 Å². The molecule has 2 rings (SSSR count). The van der Waals surface area contributed by atoms with Gasteiger partial charge in [-0.25, -0.2) is 0 Å². The zero-order chi connectivity index (χ0) is 12.0. The Labute approximate surface area is 99.6 Å². The highest BCUT2D eigenvalue weighted by Gasteiger charge is 2.56. The maximum atomic E-state index is 10.7. The van der Waals surface area contributed by atoms with Gasteiger partial charge < -0.3 is 10.8 Å². The molecule has 2 aliphatic carbocycles. The number of aliphatic hydroxyl groups is 1. The molecule has 0 saturated heterocycles. The molecule has 0 spiro atoms. The van der Waals surface area contributed by atoms with Crippen LogP contribution in [0.4, 0.5) is 0 Å². The Morgan fingerprint density at radius 1 is 1.12 bits per heavy atom. The second-order valence-corrected chi connectivity index (χ2v) is 7.19. The molecular formula is C14H27NO. The third kappa shape index (κ3) is 1.80. The van der Waals surface area contributed by atoms with Gasteiger partial charge in [-0.05, 0) is 49.9 Å². The molecule has 0 aromatic rings. The standard InChI is InChI=1S/C14H27NO/c1-11-8-14(16,9-11)13(10-15)6-4-12(2,3)5-7-13/h11,16H,4-10,15H2,1-3H3. The van der Waals surface area contributed by atoms with E-state index in [0.717, 1.165) is 25.7 Å². The minimum Gasteiger partial charge on any atom is -0.389 e. The second kappa shape index (κ2) is 3.71. The molecule has 2 saturated carbocycles. The van der Waals surface area contributed by atoms with Crippen molar-refractivity contribution in [2.75, 3.05) is 6.54 Å². The minimum atomic E-state index is -0.447. The van der Waals surface area contributed by atoms with Gasteiger partial charge in [0.2, 0.25) is 0 Å². The van der Waals surface area contributed by atoms with E-state index in [4.69, 9.17) is 5.73 Å². The first-order valence-corrected chi connectivity index (χ1v) is 6.75. The Hall–Kier alpha value is -0.0800. The number of nitrogens with two attached hydrogens (primary N) is 1. The van der Waals surface area contributed by atoms with Gasteiger partial charge in [-0.3, -0.25) is 0 Å². The summed E-state index contributed by atoms with van der Waals surface area (Å²) in [5.41, 5.74) is 6.03. The normalized spacial score (nSPS) is 41.4. The number of hydrogen-bond donors (Lipinski definition) is 2. The summed E-state index contributed by atoms with van der Waals surface area (Å²) in [6.45, 7) is 7.56. The Morgan fingerprint density at radius 2 is 1.62 bits per heavy atom. The van der Waals surface area contributed by atoms with E-state index in [1.54, 1.807) is 0 Å². The van der Waals surface area contributed by atoms with Crippen LogP contribution in [-0.4, -0.2) is 17.3 Å². The Morgan fingerprint density at radius 3 is 2.00 bits per heavy atom. The van der Waals surface area contributed by atoms with Crippen molar-refractivity contribution in [3.05, 3.63) is 0 Å². The topological polar surface area (TPSA) is 46.2 Å². The molecule has 94 valence electrons. The molecule has 0 bridgehead atoms. The van der Waals surface area contributed by atoms with Crippen molar-refractivity contribution in [2.24, 2.45) is 22.5 Å². The molecule has 2 fully saturated rings. The highest BCUT2D eigenvalue weighted by Crippen LogP contribution is 2.57. The van der Waals surface area contributed by atoms with Crippen molar-refractivity contribution in [3.8, 4) is 0 Å². The van der Waals surface area contributed by atoms with Gasteiger partial charge in [0, 0.05) is 12.0 Å². The maximum Gasteiger partial charge on any atom is 0.0720 e. The van der Waals surface area contributed by atoms with Crippen LogP contribution in [-0.2, 0) is 0 Å². The maximum absolute atomic E-state index is 10.7. The molecule has 2 heteroatoms.